The van der Waals surface area contributed by atoms with Crippen LogP contribution in [0, 0.1) is 11.6 Å². The van der Waals surface area contributed by atoms with Gasteiger partial charge in [0, 0.05) is 23.5 Å². The summed E-state index contributed by atoms with van der Waals surface area (Å²) >= 11 is 3.37. The second-order valence-corrected chi connectivity index (χ2v) is 9.25. The van der Waals surface area contributed by atoms with Crippen molar-refractivity contribution < 1.29 is 23.2 Å². The lowest BCUT2D eigenvalue weighted by molar-refractivity contribution is -0.131. The first-order chi connectivity index (χ1) is 17.2. The fourth-order valence-electron chi connectivity index (χ4n) is 3.53. The van der Waals surface area contributed by atoms with E-state index in [2.05, 4.69) is 31.9 Å². The highest BCUT2D eigenvalue weighted by Gasteiger charge is 2.24. The Morgan fingerprint density at radius 2 is 1.44 bits per heavy atom. The second-order valence-electron chi connectivity index (χ2n) is 8.34. The molecule has 0 aliphatic carbocycles. The SMILES string of the molecule is C[C@H](NC(=O)Cc1cc(F)cc(F)c1)C(=O)N[C@@H](Cc1ccccc1)C(=O)NCc1ccc(Br)cc1. The lowest BCUT2D eigenvalue weighted by atomic mass is 10.0. The van der Waals surface area contributed by atoms with Gasteiger partial charge in [0.2, 0.25) is 17.7 Å². The standard InChI is InChI=1S/C27H26BrF2N3O3/c1-17(32-25(34)14-20-11-22(29)15-23(30)12-20)26(35)33-24(13-18-5-3-2-4-6-18)27(36)31-16-19-7-9-21(28)10-8-19/h2-12,15,17,24H,13-14,16H2,1H3,(H,31,36)(H,32,34)(H,33,35)/t17-,24-/m0/s1. The van der Waals surface area contributed by atoms with E-state index in [4.69, 9.17) is 0 Å². The molecule has 0 saturated carbocycles. The molecule has 188 valence electrons. The molecule has 0 heterocycles. The molecule has 0 saturated heterocycles. The first-order valence-corrected chi connectivity index (χ1v) is 12.1. The maximum absolute atomic E-state index is 13.4. The van der Waals surface area contributed by atoms with Gasteiger partial charge in [0.15, 0.2) is 0 Å². The molecule has 3 N–H and O–H groups in total. The average Bonchev–Trinajstić information content (AvgIpc) is 2.83. The van der Waals surface area contributed by atoms with Crippen LogP contribution < -0.4 is 16.0 Å². The third-order valence-corrected chi connectivity index (χ3v) is 5.88. The first kappa shape index (κ1) is 27.0. The molecule has 3 amide bonds. The monoisotopic (exact) mass is 557 g/mol. The van der Waals surface area contributed by atoms with Crippen LogP contribution >= 0.6 is 15.9 Å². The summed E-state index contributed by atoms with van der Waals surface area (Å²) in [5, 5.41) is 8.05. The smallest absolute Gasteiger partial charge is 0.243 e. The van der Waals surface area contributed by atoms with Gasteiger partial charge in [-0.15, -0.1) is 0 Å². The fourth-order valence-corrected chi connectivity index (χ4v) is 3.79. The molecule has 0 unspecified atom stereocenters. The molecule has 0 aromatic heterocycles. The van der Waals surface area contributed by atoms with E-state index in [9.17, 15) is 23.2 Å². The lowest BCUT2D eigenvalue weighted by Gasteiger charge is -2.21. The van der Waals surface area contributed by atoms with Crippen LogP contribution in [0.3, 0.4) is 0 Å². The van der Waals surface area contributed by atoms with Gasteiger partial charge in [-0.1, -0.05) is 58.4 Å². The lowest BCUT2D eigenvalue weighted by Crippen LogP contribution is -2.53. The van der Waals surface area contributed by atoms with Crippen LogP contribution in [0.4, 0.5) is 8.78 Å². The minimum Gasteiger partial charge on any atom is -0.350 e. The minimum absolute atomic E-state index is 0.145. The van der Waals surface area contributed by atoms with Crippen molar-refractivity contribution in [3.63, 3.8) is 0 Å². The van der Waals surface area contributed by atoms with Gasteiger partial charge in [-0.3, -0.25) is 14.4 Å². The van der Waals surface area contributed by atoms with Gasteiger partial charge in [-0.05, 0) is 47.9 Å². The van der Waals surface area contributed by atoms with E-state index in [1.54, 1.807) is 0 Å². The van der Waals surface area contributed by atoms with Crippen molar-refractivity contribution in [2.24, 2.45) is 0 Å². The number of nitrogens with one attached hydrogen (secondary N) is 3. The highest BCUT2D eigenvalue weighted by molar-refractivity contribution is 9.10. The summed E-state index contributed by atoms with van der Waals surface area (Å²) in [6.45, 7) is 1.75. The van der Waals surface area contributed by atoms with Crippen molar-refractivity contribution in [3.8, 4) is 0 Å². The Labute approximate surface area is 216 Å². The summed E-state index contributed by atoms with van der Waals surface area (Å²) in [6.07, 6.45) is -0.0462. The van der Waals surface area contributed by atoms with Crippen LogP contribution in [0.25, 0.3) is 0 Å². The molecule has 0 radical (unpaired) electrons. The summed E-state index contributed by atoms with van der Waals surface area (Å²) in [7, 11) is 0. The van der Waals surface area contributed by atoms with Gasteiger partial charge >= 0.3 is 0 Å². The number of hydrogen-bond acceptors (Lipinski definition) is 3. The first-order valence-electron chi connectivity index (χ1n) is 11.3. The highest BCUT2D eigenvalue weighted by atomic mass is 79.9. The third-order valence-electron chi connectivity index (χ3n) is 5.35. The van der Waals surface area contributed by atoms with Gasteiger partial charge < -0.3 is 16.0 Å². The molecule has 0 spiro atoms. The van der Waals surface area contributed by atoms with E-state index < -0.39 is 35.5 Å². The van der Waals surface area contributed by atoms with Gasteiger partial charge in [-0.2, -0.15) is 0 Å². The topological polar surface area (TPSA) is 87.3 Å². The van der Waals surface area contributed by atoms with Crippen LogP contribution in [0.1, 0.15) is 23.6 Å². The summed E-state index contributed by atoms with van der Waals surface area (Å²) in [5.41, 5.74) is 1.89. The quantitative estimate of drug-likeness (QED) is 0.354. The Bertz CT molecular complexity index is 1190. The number of halogens is 3. The van der Waals surface area contributed by atoms with Crippen LogP contribution in [-0.2, 0) is 33.8 Å². The zero-order valence-electron chi connectivity index (χ0n) is 19.6. The van der Waals surface area contributed by atoms with E-state index in [0.29, 0.717) is 6.07 Å². The summed E-state index contributed by atoms with van der Waals surface area (Å²) in [6, 6.07) is 17.7. The number of carbonyl (C=O) groups is 3. The Kier molecular flexibility index (Phi) is 9.69. The summed E-state index contributed by atoms with van der Waals surface area (Å²) in [4.78, 5) is 38.1. The maximum Gasteiger partial charge on any atom is 0.243 e. The van der Waals surface area contributed by atoms with E-state index in [1.165, 1.54) is 6.92 Å². The molecule has 3 rings (SSSR count). The number of benzene rings is 3. The Morgan fingerprint density at radius 3 is 2.08 bits per heavy atom. The summed E-state index contributed by atoms with van der Waals surface area (Å²) < 4.78 is 27.7. The molecular weight excluding hydrogens is 532 g/mol. The Balaban J connectivity index is 1.62. The molecule has 0 bridgehead atoms. The zero-order chi connectivity index (χ0) is 26.1. The molecule has 0 fully saturated rings. The van der Waals surface area contributed by atoms with E-state index in [0.717, 1.165) is 27.7 Å². The molecule has 3 aromatic rings. The van der Waals surface area contributed by atoms with Crippen molar-refractivity contribution in [1.82, 2.24) is 16.0 Å². The number of rotatable bonds is 10. The van der Waals surface area contributed by atoms with Gasteiger partial charge in [0.05, 0.1) is 6.42 Å². The predicted molar refractivity (Wildman–Crippen MR) is 136 cm³/mol. The van der Waals surface area contributed by atoms with Crippen molar-refractivity contribution in [2.75, 3.05) is 0 Å². The van der Waals surface area contributed by atoms with Crippen LogP contribution in [0.5, 0.6) is 0 Å². The van der Waals surface area contributed by atoms with Crippen LogP contribution in [0.15, 0.2) is 77.3 Å². The van der Waals surface area contributed by atoms with E-state index in [1.807, 2.05) is 54.6 Å². The molecule has 36 heavy (non-hydrogen) atoms. The molecule has 2 atom stereocenters. The molecule has 0 aliphatic rings. The highest BCUT2D eigenvalue weighted by Crippen LogP contribution is 2.11. The summed E-state index contributed by atoms with van der Waals surface area (Å²) in [5.74, 6) is -3.10. The predicted octanol–water partition coefficient (Wildman–Crippen LogP) is 3.82. The van der Waals surface area contributed by atoms with Crippen molar-refractivity contribution in [1.29, 1.82) is 0 Å². The van der Waals surface area contributed by atoms with Crippen LogP contribution in [0.2, 0.25) is 0 Å². The largest absolute Gasteiger partial charge is 0.350 e. The Hall–Kier alpha value is -3.59. The minimum atomic E-state index is -0.978. The van der Waals surface area contributed by atoms with Crippen LogP contribution in [-0.4, -0.2) is 29.8 Å². The van der Waals surface area contributed by atoms with Gasteiger partial charge in [-0.25, -0.2) is 8.78 Å². The van der Waals surface area contributed by atoms with E-state index >= 15 is 0 Å². The van der Waals surface area contributed by atoms with Crippen molar-refractivity contribution >= 4 is 33.7 Å². The molecule has 3 aromatic carbocycles. The van der Waals surface area contributed by atoms with Crippen molar-refractivity contribution in [2.45, 2.75) is 38.4 Å². The Morgan fingerprint density at radius 1 is 0.806 bits per heavy atom. The second kappa shape index (κ2) is 12.9. The third kappa shape index (κ3) is 8.57. The fraction of sp³-hybridized carbons (Fsp3) is 0.222. The maximum atomic E-state index is 13.4. The molecule has 0 aliphatic heterocycles. The number of hydrogen-bond donors (Lipinski definition) is 3. The molecular formula is C27H26BrF2N3O3. The van der Waals surface area contributed by atoms with Crippen molar-refractivity contribution in [3.05, 3.63) is 106 Å². The average molecular weight is 558 g/mol. The molecule has 9 heteroatoms. The number of carbonyl (C=O) groups excluding carboxylic acids is 3. The number of amides is 3. The van der Waals surface area contributed by atoms with Gasteiger partial charge in [0.25, 0.3) is 0 Å². The van der Waals surface area contributed by atoms with Gasteiger partial charge in [0.1, 0.15) is 23.7 Å². The zero-order valence-corrected chi connectivity index (χ0v) is 21.1. The van der Waals surface area contributed by atoms with E-state index in [-0.39, 0.29) is 30.9 Å². The molecule has 6 nitrogen and oxygen atoms in total. The normalized spacial score (nSPS) is 12.3.